The van der Waals surface area contributed by atoms with E-state index < -0.39 is 10.0 Å². The minimum atomic E-state index is -3.64. The first-order chi connectivity index (χ1) is 19.4. The van der Waals surface area contributed by atoms with Crippen LogP contribution in [-0.4, -0.2) is 57.9 Å². The number of hydrogen-bond acceptors (Lipinski definition) is 5. The number of nitrogens with zero attached hydrogens (tertiary/aromatic N) is 4. The third-order valence-corrected chi connectivity index (χ3v) is 9.84. The molecule has 2 aromatic carbocycles. The second-order valence-corrected chi connectivity index (χ2v) is 13.8. The lowest BCUT2D eigenvalue weighted by molar-refractivity contribution is 0.181. The van der Waals surface area contributed by atoms with Crippen molar-refractivity contribution in [3.05, 3.63) is 86.6 Å². The van der Waals surface area contributed by atoms with Crippen LogP contribution in [0.25, 0.3) is 22.3 Å². The van der Waals surface area contributed by atoms with Gasteiger partial charge >= 0.3 is 5.69 Å². The number of benzene rings is 2. The van der Waals surface area contributed by atoms with Crippen molar-refractivity contribution in [2.75, 3.05) is 26.2 Å². The number of nitrogens with one attached hydrogen (secondary N) is 1. The van der Waals surface area contributed by atoms with Gasteiger partial charge in [0.15, 0.2) is 0 Å². The minimum Gasteiger partial charge on any atom is -0.349 e. The number of aryl methyl sites for hydroxylation is 1. The second-order valence-electron chi connectivity index (χ2n) is 11.9. The molecule has 1 N–H and O–H groups in total. The van der Waals surface area contributed by atoms with Gasteiger partial charge < -0.3 is 4.98 Å². The Morgan fingerprint density at radius 3 is 2.12 bits per heavy atom. The average Bonchev–Trinajstić information content (AvgIpc) is 3.40. The van der Waals surface area contributed by atoms with E-state index in [-0.39, 0.29) is 21.6 Å². The van der Waals surface area contributed by atoms with Crippen molar-refractivity contribution in [3.63, 3.8) is 0 Å². The highest BCUT2D eigenvalue weighted by atomic mass is 32.2. The molecule has 3 heterocycles. The fourth-order valence-electron chi connectivity index (χ4n) is 5.41. The van der Waals surface area contributed by atoms with Gasteiger partial charge in [0.1, 0.15) is 5.52 Å². The predicted octanol–water partition coefficient (Wildman–Crippen LogP) is 3.91. The van der Waals surface area contributed by atoms with Gasteiger partial charge in [0.05, 0.1) is 10.4 Å². The Bertz CT molecular complexity index is 1770. The Balaban J connectivity index is 1.29. The summed E-state index contributed by atoms with van der Waals surface area (Å²) in [7, 11) is -2.17. The van der Waals surface area contributed by atoms with Gasteiger partial charge in [0.25, 0.3) is 5.56 Å². The molecule has 0 spiro atoms. The van der Waals surface area contributed by atoms with Gasteiger partial charge in [0.2, 0.25) is 10.0 Å². The Hall–Kier alpha value is -3.47. The van der Waals surface area contributed by atoms with Gasteiger partial charge in [-0.05, 0) is 46.7 Å². The van der Waals surface area contributed by atoms with Crippen molar-refractivity contribution < 1.29 is 8.42 Å². The number of rotatable bonds is 7. The molecule has 10 heteroatoms. The summed E-state index contributed by atoms with van der Waals surface area (Å²) in [5, 5.41) is 0. The van der Waals surface area contributed by atoms with E-state index in [0.717, 1.165) is 23.1 Å². The summed E-state index contributed by atoms with van der Waals surface area (Å²) in [6.45, 7) is 12.1. The molecule has 0 radical (unpaired) electrons. The molecule has 0 aliphatic carbocycles. The van der Waals surface area contributed by atoms with E-state index in [1.54, 1.807) is 39.2 Å². The molecule has 1 aliphatic rings. The Morgan fingerprint density at radius 2 is 1.54 bits per heavy atom. The first kappa shape index (κ1) is 29.0. The van der Waals surface area contributed by atoms with E-state index in [1.165, 1.54) is 18.2 Å². The maximum atomic E-state index is 13.4. The van der Waals surface area contributed by atoms with Crippen LogP contribution in [0.3, 0.4) is 0 Å². The minimum absolute atomic E-state index is 0.115. The van der Waals surface area contributed by atoms with Crippen LogP contribution < -0.4 is 11.2 Å². The van der Waals surface area contributed by atoms with E-state index >= 15 is 0 Å². The van der Waals surface area contributed by atoms with Crippen LogP contribution in [0.2, 0.25) is 0 Å². The van der Waals surface area contributed by atoms with E-state index in [1.807, 2.05) is 6.92 Å². The molecule has 0 amide bonds. The molecule has 218 valence electrons. The SMILES string of the molecule is CCCn1c(=O)n(C)c(=O)c2[nH]c(-c3ccc(S(=O)(=O)N4CCN(Cc5ccc(C(C)(C)C)cc5)CC4)cc3)cc21. The summed E-state index contributed by atoms with van der Waals surface area (Å²) in [6, 6.07) is 17.2. The molecule has 1 saturated heterocycles. The average molecular weight is 578 g/mol. The maximum absolute atomic E-state index is 13.4. The largest absolute Gasteiger partial charge is 0.349 e. The molecule has 0 bridgehead atoms. The number of sulfonamides is 1. The van der Waals surface area contributed by atoms with Crippen LogP contribution in [0, 0.1) is 0 Å². The molecule has 4 aromatic rings. The summed E-state index contributed by atoms with van der Waals surface area (Å²) in [5.74, 6) is 0. The maximum Gasteiger partial charge on any atom is 0.331 e. The summed E-state index contributed by atoms with van der Waals surface area (Å²) >= 11 is 0. The number of piperazine rings is 1. The van der Waals surface area contributed by atoms with Gasteiger partial charge in [0, 0.05) is 52.0 Å². The third kappa shape index (κ3) is 5.68. The van der Waals surface area contributed by atoms with Gasteiger partial charge in [-0.2, -0.15) is 4.31 Å². The molecule has 2 aromatic heterocycles. The van der Waals surface area contributed by atoms with Crippen LogP contribution in [0.5, 0.6) is 0 Å². The zero-order valence-corrected chi connectivity index (χ0v) is 25.3. The van der Waals surface area contributed by atoms with Crippen molar-refractivity contribution >= 4 is 21.1 Å². The lowest BCUT2D eigenvalue weighted by Crippen LogP contribution is -2.48. The first-order valence-corrected chi connectivity index (χ1v) is 15.6. The van der Waals surface area contributed by atoms with Crippen molar-refractivity contribution in [2.24, 2.45) is 7.05 Å². The first-order valence-electron chi connectivity index (χ1n) is 14.1. The number of H-pyrrole nitrogens is 1. The number of fused-ring (bicyclic) bond motifs is 1. The Kier molecular flexibility index (Phi) is 7.84. The summed E-state index contributed by atoms with van der Waals surface area (Å²) < 4.78 is 31.1. The lowest BCUT2D eigenvalue weighted by atomic mass is 9.87. The number of aromatic amines is 1. The Morgan fingerprint density at radius 1 is 0.902 bits per heavy atom. The highest BCUT2D eigenvalue weighted by Crippen LogP contribution is 2.26. The Labute approximate surface area is 241 Å². The van der Waals surface area contributed by atoms with Gasteiger partial charge in [-0.25, -0.2) is 13.2 Å². The van der Waals surface area contributed by atoms with E-state index in [9.17, 15) is 18.0 Å². The zero-order valence-electron chi connectivity index (χ0n) is 24.5. The molecule has 9 nitrogen and oxygen atoms in total. The topological polar surface area (TPSA) is 100 Å². The highest BCUT2D eigenvalue weighted by molar-refractivity contribution is 7.89. The van der Waals surface area contributed by atoms with Crippen LogP contribution in [0.1, 0.15) is 45.2 Å². The van der Waals surface area contributed by atoms with Gasteiger partial charge in [-0.15, -0.1) is 0 Å². The van der Waals surface area contributed by atoms with Crippen LogP contribution in [0.4, 0.5) is 0 Å². The predicted molar refractivity (Wildman–Crippen MR) is 163 cm³/mol. The monoisotopic (exact) mass is 577 g/mol. The molecule has 41 heavy (non-hydrogen) atoms. The van der Waals surface area contributed by atoms with Crippen molar-refractivity contribution in [1.82, 2.24) is 23.3 Å². The second kappa shape index (κ2) is 11.1. The molecule has 0 atom stereocenters. The smallest absolute Gasteiger partial charge is 0.331 e. The fraction of sp³-hybridized carbons (Fsp3) is 0.419. The zero-order chi connectivity index (χ0) is 29.5. The molecule has 1 fully saturated rings. The third-order valence-electron chi connectivity index (χ3n) is 7.93. The van der Waals surface area contributed by atoms with Crippen molar-refractivity contribution in [1.29, 1.82) is 0 Å². The lowest BCUT2D eigenvalue weighted by Gasteiger charge is -2.34. The standard InChI is InChI=1S/C31H39N5O4S/c1-6-15-36-27-20-26(32-28(27)29(37)33(5)30(36)38)23-9-13-25(14-10-23)41(39,40)35-18-16-34(17-19-35)21-22-7-11-24(12-8-22)31(2,3)4/h7-14,20,32H,6,15-19,21H2,1-5H3. The van der Waals surface area contributed by atoms with E-state index in [0.29, 0.717) is 49.5 Å². The van der Waals surface area contributed by atoms with E-state index in [4.69, 9.17) is 0 Å². The summed E-state index contributed by atoms with van der Waals surface area (Å²) in [4.78, 5) is 31.0. The molecular weight excluding hydrogens is 538 g/mol. The normalized spacial score (nSPS) is 15.5. The number of hydrogen-bond donors (Lipinski definition) is 1. The molecule has 0 unspecified atom stereocenters. The van der Waals surface area contributed by atoms with Gasteiger partial charge in [-0.3, -0.25) is 18.8 Å². The summed E-state index contributed by atoms with van der Waals surface area (Å²) in [5.41, 5.74) is 4.20. The van der Waals surface area contributed by atoms with Crippen molar-refractivity contribution in [3.8, 4) is 11.3 Å². The molecule has 1 aliphatic heterocycles. The van der Waals surface area contributed by atoms with Crippen LogP contribution >= 0.6 is 0 Å². The fourth-order valence-corrected chi connectivity index (χ4v) is 6.83. The quantitative estimate of drug-likeness (QED) is 0.359. The molecule has 0 saturated carbocycles. The van der Waals surface area contributed by atoms with Gasteiger partial charge in [-0.1, -0.05) is 64.1 Å². The van der Waals surface area contributed by atoms with Crippen LogP contribution in [-0.2, 0) is 35.6 Å². The number of aromatic nitrogens is 3. The van der Waals surface area contributed by atoms with Crippen LogP contribution in [0.15, 0.2) is 69.1 Å². The highest BCUT2D eigenvalue weighted by Gasteiger charge is 2.28. The van der Waals surface area contributed by atoms with Crippen molar-refractivity contribution in [2.45, 2.75) is 57.5 Å². The summed E-state index contributed by atoms with van der Waals surface area (Å²) in [6.07, 6.45) is 0.749. The van der Waals surface area contributed by atoms with E-state index in [2.05, 4.69) is 54.9 Å². The molecule has 5 rings (SSSR count). The molecular formula is C31H39N5O4S.